The van der Waals surface area contributed by atoms with E-state index in [-0.39, 0.29) is 17.5 Å². The first-order valence-corrected chi connectivity index (χ1v) is 9.31. The number of aliphatic hydroxyl groups is 1. The van der Waals surface area contributed by atoms with Crippen LogP contribution in [0.15, 0.2) is 6.20 Å². The fraction of sp³-hybridized carbons (Fsp3) is 0.778. The van der Waals surface area contributed by atoms with Crippen LogP contribution in [0, 0.1) is 17.8 Å². The van der Waals surface area contributed by atoms with E-state index in [4.69, 9.17) is 11.6 Å². The van der Waals surface area contributed by atoms with Crippen LogP contribution in [-0.2, 0) is 5.54 Å². The molecule has 0 aromatic carbocycles. The van der Waals surface area contributed by atoms with E-state index in [9.17, 15) is 9.90 Å². The van der Waals surface area contributed by atoms with Gasteiger partial charge in [-0.25, -0.2) is 4.68 Å². The Hall–Kier alpha value is -1.07. The van der Waals surface area contributed by atoms with Crippen molar-refractivity contribution in [1.29, 1.82) is 0 Å². The number of amides is 1. The zero-order valence-electron chi connectivity index (χ0n) is 14.6. The third kappa shape index (κ3) is 2.57. The van der Waals surface area contributed by atoms with Crippen LogP contribution < -0.4 is 5.32 Å². The van der Waals surface area contributed by atoms with Gasteiger partial charge in [0.05, 0.1) is 22.9 Å². The Morgan fingerprint density at radius 2 is 1.96 bits per heavy atom. The van der Waals surface area contributed by atoms with Crippen molar-refractivity contribution in [3.05, 3.63) is 16.9 Å². The molecule has 0 saturated heterocycles. The quantitative estimate of drug-likeness (QED) is 0.860. The Labute approximate surface area is 147 Å². The largest absolute Gasteiger partial charge is 0.390 e. The number of nitrogens with one attached hydrogen (secondary N) is 1. The van der Waals surface area contributed by atoms with Gasteiger partial charge in [-0.15, -0.1) is 0 Å². The minimum atomic E-state index is -0.480. The van der Waals surface area contributed by atoms with Crippen molar-refractivity contribution in [2.45, 2.75) is 70.1 Å². The third-order valence-electron chi connectivity index (χ3n) is 6.13. The maximum absolute atomic E-state index is 12.8. The van der Waals surface area contributed by atoms with Crippen LogP contribution in [-0.4, -0.2) is 32.4 Å². The Morgan fingerprint density at radius 3 is 2.46 bits per heavy atom. The smallest absolute Gasteiger partial charge is 0.256 e. The lowest BCUT2D eigenvalue weighted by Crippen LogP contribution is -2.61. The molecule has 0 spiro atoms. The first-order chi connectivity index (χ1) is 11.2. The molecule has 4 aliphatic rings. The summed E-state index contributed by atoms with van der Waals surface area (Å²) in [6.07, 6.45) is 6.40. The lowest BCUT2D eigenvalue weighted by atomic mass is 9.52. The molecule has 4 saturated carbocycles. The maximum Gasteiger partial charge on any atom is 0.256 e. The molecule has 1 amide bonds. The van der Waals surface area contributed by atoms with E-state index in [1.54, 1.807) is 10.9 Å². The predicted molar refractivity (Wildman–Crippen MR) is 92.0 cm³/mol. The second kappa shape index (κ2) is 5.21. The van der Waals surface area contributed by atoms with E-state index in [0.717, 1.165) is 32.1 Å². The van der Waals surface area contributed by atoms with Gasteiger partial charge in [-0.2, -0.15) is 5.10 Å². The molecule has 132 valence electrons. The van der Waals surface area contributed by atoms with Crippen molar-refractivity contribution in [2.75, 3.05) is 0 Å². The molecule has 5 rings (SSSR count). The van der Waals surface area contributed by atoms with Crippen LogP contribution in [0.5, 0.6) is 0 Å². The molecule has 2 atom stereocenters. The monoisotopic (exact) mass is 351 g/mol. The molecule has 5 nitrogen and oxygen atoms in total. The van der Waals surface area contributed by atoms with Crippen LogP contribution in [0.25, 0.3) is 0 Å². The normalized spacial score (nSPS) is 37.7. The summed E-state index contributed by atoms with van der Waals surface area (Å²) in [4.78, 5) is 12.8. The summed E-state index contributed by atoms with van der Waals surface area (Å²) in [5.74, 6) is 1.27. The highest BCUT2D eigenvalue weighted by molar-refractivity contribution is 6.32. The lowest BCUT2D eigenvalue weighted by Gasteiger charge is -2.58. The van der Waals surface area contributed by atoms with Crippen LogP contribution in [0.2, 0.25) is 5.15 Å². The first kappa shape index (κ1) is 16.4. The van der Waals surface area contributed by atoms with Gasteiger partial charge < -0.3 is 10.4 Å². The molecule has 6 heteroatoms. The Morgan fingerprint density at radius 1 is 1.33 bits per heavy atom. The van der Waals surface area contributed by atoms with E-state index >= 15 is 0 Å². The third-order valence-corrected chi connectivity index (χ3v) is 6.49. The molecule has 1 aromatic heterocycles. The lowest BCUT2D eigenvalue weighted by molar-refractivity contribution is -0.136. The maximum atomic E-state index is 12.8. The highest BCUT2D eigenvalue weighted by Crippen LogP contribution is 2.55. The predicted octanol–water partition coefficient (Wildman–Crippen LogP) is 2.96. The highest BCUT2D eigenvalue weighted by Gasteiger charge is 2.55. The molecular formula is C18H26ClN3O2. The molecule has 4 fully saturated rings. The van der Waals surface area contributed by atoms with Crippen molar-refractivity contribution in [3.63, 3.8) is 0 Å². The minimum Gasteiger partial charge on any atom is -0.390 e. The van der Waals surface area contributed by atoms with Gasteiger partial charge in [0.2, 0.25) is 0 Å². The van der Waals surface area contributed by atoms with Gasteiger partial charge in [-0.3, -0.25) is 4.79 Å². The van der Waals surface area contributed by atoms with Crippen molar-refractivity contribution >= 4 is 17.5 Å². The summed E-state index contributed by atoms with van der Waals surface area (Å²) in [6, 6.07) is 0.156. The standard InChI is InChI=1S/C18H26ClN3O2/c1-17(2,3)22-15(19)13(9-20-22)16(23)21-14-11-4-10-5-12(14)8-18(24,6-10)7-11/h9-12,14,24H,4-8H2,1-3H3,(H,21,23)/t10?,11?,12?,14-,18+. The molecule has 2 N–H and O–H groups in total. The summed E-state index contributed by atoms with van der Waals surface area (Å²) in [5.41, 5.74) is -0.298. The average Bonchev–Trinajstić information content (AvgIpc) is 2.82. The molecule has 4 bridgehead atoms. The van der Waals surface area contributed by atoms with Crippen molar-refractivity contribution in [3.8, 4) is 0 Å². The molecule has 4 aliphatic carbocycles. The van der Waals surface area contributed by atoms with Crippen molar-refractivity contribution in [1.82, 2.24) is 15.1 Å². The van der Waals surface area contributed by atoms with E-state index in [2.05, 4.69) is 10.4 Å². The van der Waals surface area contributed by atoms with Gasteiger partial charge in [-0.05, 0) is 70.6 Å². The summed E-state index contributed by atoms with van der Waals surface area (Å²) in [7, 11) is 0. The van der Waals surface area contributed by atoms with Crippen LogP contribution in [0.4, 0.5) is 0 Å². The SMILES string of the molecule is CC(C)(C)n1ncc(C(=O)N[C@H]2C3CC4CC2C[C@@](O)(C4)C3)c1Cl. The Bertz CT molecular complexity index is 662. The Balaban J connectivity index is 1.52. The van der Waals surface area contributed by atoms with Crippen molar-refractivity contribution < 1.29 is 9.90 Å². The molecule has 0 aliphatic heterocycles. The van der Waals surface area contributed by atoms with Crippen molar-refractivity contribution in [2.24, 2.45) is 17.8 Å². The fourth-order valence-corrected chi connectivity index (χ4v) is 5.83. The number of carbonyl (C=O) groups is 1. The first-order valence-electron chi connectivity index (χ1n) is 8.93. The number of rotatable bonds is 2. The zero-order chi connectivity index (χ0) is 17.3. The van der Waals surface area contributed by atoms with Gasteiger partial charge in [0.15, 0.2) is 0 Å². The van der Waals surface area contributed by atoms with Gasteiger partial charge in [-0.1, -0.05) is 11.6 Å². The molecule has 1 heterocycles. The number of nitrogens with zero attached hydrogens (tertiary/aromatic N) is 2. The fourth-order valence-electron chi connectivity index (χ4n) is 5.40. The average molecular weight is 352 g/mol. The molecule has 24 heavy (non-hydrogen) atoms. The van der Waals surface area contributed by atoms with Crippen LogP contribution >= 0.6 is 11.6 Å². The van der Waals surface area contributed by atoms with Gasteiger partial charge in [0.1, 0.15) is 5.15 Å². The molecule has 2 unspecified atom stereocenters. The number of carbonyl (C=O) groups excluding carboxylic acids is 1. The summed E-state index contributed by atoms with van der Waals surface area (Å²) in [6.45, 7) is 6.02. The molecular weight excluding hydrogens is 326 g/mol. The van der Waals surface area contributed by atoms with E-state index < -0.39 is 5.60 Å². The topological polar surface area (TPSA) is 67.2 Å². The summed E-state index contributed by atoms with van der Waals surface area (Å²) in [5, 5.41) is 18.6. The second-order valence-corrected chi connectivity index (χ2v) is 9.48. The number of hydrogen-bond acceptors (Lipinski definition) is 3. The highest BCUT2D eigenvalue weighted by atomic mass is 35.5. The van der Waals surface area contributed by atoms with Crippen LogP contribution in [0.3, 0.4) is 0 Å². The van der Waals surface area contributed by atoms with Gasteiger partial charge >= 0.3 is 0 Å². The molecule has 1 aromatic rings. The zero-order valence-corrected chi connectivity index (χ0v) is 15.3. The Kier molecular flexibility index (Phi) is 3.56. The van der Waals surface area contributed by atoms with E-state index in [0.29, 0.717) is 28.5 Å². The van der Waals surface area contributed by atoms with Crippen LogP contribution in [0.1, 0.15) is 63.2 Å². The number of hydrogen-bond donors (Lipinski definition) is 2. The second-order valence-electron chi connectivity index (χ2n) is 9.13. The van der Waals surface area contributed by atoms with E-state index in [1.807, 2.05) is 20.8 Å². The number of aromatic nitrogens is 2. The summed E-state index contributed by atoms with van der Waals surface area (Å²) >= 11 is 6.39. The minimum absolute atomic E-state index is 0.139. The van der Waals surface area contributed by atoms with Gasteiger partial charge in [0.25, 0.3) is 5.91 Å². The molecule has 0 radical (unpaired) electrons. The van der Waals surface area contributed by atoms with E-state index in [1.165, 1.54) is 0 Å². The summed E-state index contributed by atoms with van der Waals surface area (Å²) < 4.78 is 1.68. The number of halogens is 1. The van der Waals surface area contributed by atoms with Gasteiger partial charge in [0, 0.05) is 6.04 Å².